The molecule has 0 fully saturated rings. The van der Waals surface area contributed by atoms with E-state index in [1.165, 1.54) is 6.21 Å². The maximum Gasteiger partial charge on any atom is -0.00450 e. The lowest BCUT2D eigenvalue weighted by Gasteiger charge is -2.09. The molecule has 0 saturated heterocycles. The van der Waals surface area contributed by atoms with Crippen LogP contribution in [0.15, 0.2) is 0 Å². The van der Waals surface area contributed by atoms with E-state index in [0.717, 1.165) is 12.8 Å². The summed E-state index contributed by atoms with van der Waals surface area (Å²) < 4.78 is 0. The Kier molecular flexibility index (Phi) is 4.37. The average Bonchev–Trinajstić information content (AvgIpc) is 1.63. The molecule has 0 spiro atoms. The highest BCUT2D eigenvalue weighted by Gasteiger charge is 2.01. The molecule has 0 amide bonds. The highest BCUT2D eigenvalue weighted by molar-refractivity contribution is 5.53. The maximum atomic E-state index is 6.81. The lowest BCUT2D eigenvalue weighted by molar-refractivity contribution is 0.485. The van der Waals surface area contributed by atoms with Crippen LogP contribution in [0.5, 0.6) is 0 Å². The molecule has 1 atom stereocenters. The van der Waals surface area contributed by atoms with E-state index in [1.54, 1.807) is 0 Å². The molecule has 1 nitrogen and oxygen atoms in total. The van der Waals surface area contributed by atoms with Crippen molar-refractivity contribution in [2.75, 3.05) is 0 Å². The molecular formula is C8H16N. The summed E-state index contributed by atoms with van der Waals surface area (Å²) in [5.74, 6) is 1.16. The van der Waals surface area contributed by atoms with E-state index in [0.29, 0.717) is 11.8 Å². The molecule has 0 rings (SSSR count). The van der Waals surface area contributed by atoms with Crippen LogP contribution in [-0.4, -0.2) is 6.21 Å². The van der Waals surface area contributed by atoms with Crippen molar-refractivity contribution in [2.45, 2.75) is 26.7 Å². The van der Waals surface area contributed by atoms with Gasteiger partial charge in [-0.1, -0.05) is 13.8 Å². The van der Waals surface area contributed by atoms with Gasteiger partial charge in [0.2, 0.25) is 0 Å². The fourth-order valence-electron chi connectivity index (χ4n) is 0.930. The highest BCUT2D eigenvalue weighted by Crippen LogP contribution is 2.11. The standard InChI is InChI=1S/C8H16N/c1-7(2)6-8(3)4-5-9/h5,7-9H,3-4,6H2,1-2H3. The molecule has 0 heterocycles. The maximum absolute atomic E-state index is 6.81. The predicted octanol–water partition coefficient (Wildman–Crippen LogP) is 2.52. The van der Waals surface area contributed by atoms with Crippen molar-refractivity contribution in [3.8, 4) is 0 Å². The Bertz CT molecular complexity index is 76.6. The van der Waals surface area contributed by atoms with Gasteiger partial charge in [-0.3, -0.25) is 0 Å². The lowest BCUT2D eigenvalue weighted by atomic mass is 9.97. The minimum atomic E-state index is 0.447. The molecule has 1 heteroatoms. The number of nitrogens with one attached hydrogen (secondary N) is 1. The number of rotatable bonds is 4. The lowest BCUT2D eigenvalue weighted by Crippen LogP contribution is -2.00. The Labute approximate surface area is 58.0 Å². The molecule has 0 aliphatic heterocycles. The summed E-state index contributed by atoms with van der Waals surface area (Å²) in [6.07, 6.45) is 3.41. The first-order chi connectivity index (χ1) is 4.16. The van der Waals surface area contributed by atoms with Gasteiger partial charge in [-0.25, -0.2) is 0 Å². The van der Waals surface area contributed by atoms with Gasteiger partial charge in [-0.15, -0.1) is 0 Å². The largest absolute Gasteiger partial charge is 0.313 e. The van der Waals surface area contributed by atoms with Gasteiger partial charge < -0.3 is 5.41 Å². The summed E-state index contributed by atoms with van der Waals surface area (Å²) >= 11 is 0. The molecule has 0 aliphatic rings. The van der Waals surface area contributed by atoms with E-state index in [9.17, 15) is 0 Å². The first-order valence-electron chi connectivity index (χ1n) is 3.48. The van der Waals surface area contributed by atoms with Crippen LogP contribution in [0, 0.1) is 24.2 Å². The number of hydrogen-bond donors (Lipinski definition) is 1. The van der Waals surface area contributed by atoms with Gasteiger partial charge in [-0.05, 0) is 37.8 Å². The number of hydrogen-bond acceptors (Lipinski definition) is 1. The van der Waals surface area contributed by atoms with Gasteiger partial charge in [-0.2, -0.15) is 0 Å². The molecular weight excluding hydrogens is 110 g/mol. The van der Waals surface area contributed by atoms with Crippen molar-refractivity contribution in [3.05, 3.63) is 6.92 Å². The Morgan fingerprint density at radius 2 is 2.11 bits per heavy atom. The van der Waals surface area contributed by atoms with E-state index in [2.05, 4.69) is 20.8 Å². The molecule has 0 aliphatic carbocycles. The first kappa shape index (κ1) is 8.67. The van der Waals surface area contributed by atoms with Gasteiger partial charge in [0.1, 0.15) is 0 Å². The fourth-order valence-corrected chi connectivity index (χ4v) is 0.930. The molecule has 1 N–H and O–H groups in total. The van der Waals surface area contributed by atoms with Gasteiger partial charge in [0.15, 0.2) is 0 Å². The van der Waals surface area contributed by atoms with E-state index in [4.69, 9.17) is 5.41 Å². The van der Waals surface area contributed by atoms with E-state index in [1.807, 2.05) is 0 Å². The van der Waals surface area contributed by atoms with Gasteiger partial charge in [0.05, 0.1) is 0 Å². The fraction of sp³-hybridized carbons (Fsp3) is 0.750. The molecule has 0 aromatic carbocycles. The Morgan fingerprint density at radius 3 is 2.44 bits per heavy atom. The third-order valence-corrected chi connectivity index (χ3v) is 1.26. The molecule has 0 saturated carbocycles. The van der Waals surface area contributed by atoms with Crippen LogP contribution in [0.2, 0.25) is 0 Å². The van der Waals surface area contributed by atoms with Crippen LogP contribution in [0.4, 0.5) is 0 Å². The van der Waals surface area contributed by atoms with E-state index < -0.39 is 0 Å². The summed E-state index contributed by atoms with van der Waals surface area (Å²) in [5, 5.41) is 6.81. The van der Waals surface area contributed by atoms with Crippen molar-refractivity contribution in [1.29, 1.82) is 5.41 Å². The van der Waals surface area contributed by atoms with Crippen molar-refractivity contribution >= 4 is 6.21 Å². The van der Waals surface area contributed by atoms with Crippen LogP contribution < -0.4 is 0 Å². The molecule has 0 aromatic rings. The van der Waals surface area contributed by atoms with Gasteiger partial charge >= 0.3 is 0 Å². The molecule has 0 bridgehead atoms. The molecule has 0 aromatic heterocycles. The van der Waals surface area contributed by atoms with Crippen LogP contribution in [0.1, 0.15) is 26.7 Å². The van der Waals surface area contributed by atoms with E-state index >= 15 is 0 Å². The van der Waals surface area contributed by atoms with Crippen LogP contribution in [0.25, 0.3) is 0 Å². The van der Waals surface area contributed by atoms with E-state index in [-0.39, 0.29) is 0 Å². The third-order valence-electron chi connectivity index (χ3n) is 1.26. The molecule has 1 unspecified atom stereocenters. The van der Waals surface area contributed by atoms with Crippen molar-refractivity contribution in [1.82, 2.24) is 0 Å². The van der Waals surface area contributed by atoms with Crippen LogP contribution in [-0.2, 0) is 0 Å². The van der Waals surface area contributed by atoms with Crippen molar-refractivity contribution in [3.63, 3.8) is 0 Å². The Balaban J connectivity index is 3.25. The molecule has 9 heavy (non-hydrogen) atoms. The Morgan fingerprint density at radius 1 is 1.56 bits per heavy atom. The quantitative estimate of drug-likeness (QED) is 0.560. The minimum absolute atomic E-state index is 0.447. The Hall–Kier alpha value is -0.330. The second-order valence-corrected chi connectivity index (χ2v) is 2.94. The molecule has 53 valence electrons. The summed E-state index contributed by atoms with van der Waals surface area (Å²) in [5.41, 5.74) is 0. The topological polar surface area (TPSA) is 23.9 Å². The highest BCUT2D eigenvalue weighted by atomic mass is 14.3. The average molecular weight is 126 g/mol. The zero-order valence-electron chi connectivity index (χ0n) is 6.35. The zero-order chi connectivity index (χ0) is 7.28. The second-order valence-electron chi connectivity index (χ2n) is 2.94. The zero-order valence-corrected chi connectivity index (χ0v) is 6.35. The van der Waals surface area contributed by atoms with Crippen LogP contribution >= 0.6 is 0 Å². The van der Waals surface area contributed by atoms with Crippen molar-refractivity contribution in [2.24, 2.45) is 11.8 Å². The van der Waals surface area contributed by atoms with Gasteiger partial charge in [0.25, 0.3) is 0 Å². The first-order valence-corrected chi connectivity index (χ1v) is 3.48. The summed E-state index contributed by atoms with van der Waals surface area (Å²) in [6.45, 7) is 8.28. The SMILES string of the molecule is [CH2]C(CC=N)CC(C)C. The summed E-state index contributed by atoms with van der Waals surface area (Å²) in [6, 6.07) is 0. The summed E-state index contributed by atoms with van der Waals surface area (Å²) in [4.78, 5) is 0. The normalized spacial score (nSPS) is 13.8. The predicted molar refractivity (Wildman–Crippen MR) is 41.7 cm³/mol. The minimum Gasteiger partial charge on any atom is -0.313 e. The summed E-state index contributed by atoms with van der Waals surface area (Å²) in [7, 11) is 0. The van der Waals surface area contributed by atoms with Crippen molar-refractivity contribution < 1.29 is 0 Å². The smallest absolute Gasteiger partial charge is 0.00450 e. The third kappa shape index (κ3) is 5.54. The monoisotopic (exact) mass is 126 g/mol. The van der Waals surface area contributed by atoms with Gasteiger partial charge in [0, 0.05) is 0 Å². The molecule has 1 radical (unpaired) electrons. The van der Waals surface area contributed by atoms with Crippen LogP contribution in [0.3, 0.4) is 0 Å². The second kappa shape index (κ2) is 4.54.